The number of benzene rings is 2. The molecule has 3 aromatic rings. The summed E-state index contributed by atoms with van der Waals surface area (Å²) in [7, 11) is -4.10. The van der Waals surface area contributed by atoms with Gasteiger partial charge in [0.2, 0.25) is 5.91 Å². The van der Waals surface area contributed by atoms with E-state index in [0.717, 1.165) is 5.56 Å². The zero-order chi connectivity index (χ0) is 35.2. The van der Waals surface area contributed by atoms with E-state index in [1.807, 2.05) is 4.72 Å². The Bertz CT molecular complexity index is 1670. The number of aliphatic carboxylic acids is 1. The highest BCUT2D eigenvalue weighted by Gasteiger charge is 2.38. The fourth-order valence-electron chi connectivity index (χ4n) is 3.52. The van der Waals surface area contributed by atoms with Gasteiger partial charge in [0.15, 0.2) is 0 Å². The first-order valence-corrected chi connectivity index (χ1v) is 14.9. The minimum absolute atomic E-state index is 0.0762. The molecule has 0 fully saturated rings. The number of pyridine rings is 1. The normalized spacial score (nSPS) is 11.5. The summed E-state index contributed by atoms with van der Waals surface area (Å²) in [5.41, 5.74) is 1.72. The van der Waals surface area contributed by atoms with Crippen LogP contribution in [-0.4, -0.2) is 67.6 Å². The molecule has 0 aliphatic carbocycles. The average molecular weight is 682 g/mol. The highest BCUT2D eigenvalue weighted by atomic mass is 32.2. The number of amides is 4. The number of sulfonamides is 1. The molecule has 1 aromatic heterocycles. The molecule has 0 aliphatic heterocycles. The smallest absolute Gasteiger partial charge is 0.475 e. The third kappa shape index (κ3) is 13.2. The monoisotopic (exact) mass is 681 g/mol. The molecule has 0 radical (unpaired) electrons. The highest BCUT2D eigenvalue weighted by molar-refractivity contribution is 7.90. The molecule has 1 atom stereocenters. The van der Waals surface area contributed by atoms with Gasteiger partial charge in [-0.2, -0.15) is 13.2 Å². The number of anilines is 1. The van der Waals surface area contributed by atoms with Crippen LogP contribution in [0.5, 0.6) is 0 Å². The maximum atomic E-state index is 12.6. The third-order valence-electron chi connectivity index (χ3n) is 5.69. The number of hydrogen-bond acceptors (Lipinski definition) is 9. The summed E-state index contributed by atoms with van der Waals surface area (Å²) >= 11 is 0. The van der Waals surface area contributed by atoms with Gasteiger partial charge in [0.25, 0.3) is 15.9 Å². The first kappa shape index (κ1) is 37.7. The minimum atomic E-state index is -5.08. The molecule has 0 aliphatic rings. The van der Waals surface area contributed by atoms with Gasteiger partial charge in [-0.1, -0.05) is 29.8 Å². The molecular formula is C29H30F3N5O9S. The fourth-order valence-corrected chi connectivity index (χ4v) is 4.43. The molecule has 3 rings (SSSR count). The number of rotatable bonds is 11. The zero-order valence-electron chi connectivity index (χ0n) is 24.8. The maximum Gasteiger partial charge on any atom is 0.490 e. The molecular weight excluding hydrogens is 651 g/mol. The summed E-state index contributed by atoms with van der Waals surface area (Å²) in [6, 6.07) is 13.3. The Kier molecular flexibility index (Phi) is 13.8. The Morgan fingerprint density at radius 2 is 1.66 bits per heavy atom. The van der Waals surface area contributed by atoms with E-state index in [4.69, 9.17) is 14.6 Å². The lowest BCUT2D eigenvalue weighted by atomic mass is 10.1. The van der Waals surface area contributed by atoms with Crippen molar-refractivity contribution in [3.63, 3.8) is 0 Å². The van der Waals surface area contributed by atoms with E-state index in [0.29, 0.717) is 5.56 Å². The maximum absolute atomic E-state index is 12.6. The molecule has 18 heteroatoms. The topological polar surface area (TPSA) is 210 Å². The number of esters is 1. The SMILES string of the molecule is CCOC(=O)CC(NC(=O)CNC(=O)c1cccc(NC(=O)NS(=O)(=O)c2ccc(C)cc2)c1)c1cccnc1.O=C(O)C(F)(F)F. The van der Waals surface area contributed by atoms with Gasteiger partial charge in [0.05, 0.1) is 30.5 Å². The summed E-state index contributed by atoms with van der Waals surface area (Å²) in [4.78, 5) is 62.3. The molecule has 0 saturated carbocycles. The van der Waals surface area contributed by atoms with Crippen LogP contribution in [0, 0.1) is 6.92 Å². The second-order valence-electron chi connectivity index (χ2n) is 9.35. The molecule has 14 nitrogen and oxygen atoms in total. The van der Waals surface area contributed by atoms with Gasteiger partial charge in [0.1, 0.15) is 0 Å². The first-order chi connectivity index (χ1) is 22.0. The average Bonchev–Trinajstić information content (AvgIpc) is 3.00. The first-order valence-electron chi connectivity index (χ1n) is 13.5. The van der Waals surface area contributed by atoms with Gasteiger partial charge < -0.3 is 25.8 Å². The molecule has 2 aromatic carbocycles. The van der Waals surface area contributed by atoms with Gasteiger partial charge in [-0.15, -0.1) is 0 Å². The standard InChI is InChI=1S/C27H29N5O7S.C2HF3O2/c1-3-39-25(34)15-23(20-7-5-13-28-16-20)31-24(33)17-29-26(35)19-6-4-8-21(14-19)30-27(36)32-40(37,38)22-11-9-18(2)10-12-22;3-2(4,5)1(6)7/h4-14,16,23H,3,15,17H2,1-2H3,(H,29,35)(H,31,33)(H2,30,32,36);(H,6,7). The number of hydrogen-bond donors (Lipinski definition) is 5. The molecule has 47 heavy (non-hydrogen) atoms. The number of nitrogens with one attached hydrogen (secondary N) is 4. The van der Waals surface area contributed by atoms with Crippen molar-refractivity contribution in [2.75, 3.05) is 18.5 Å². The number of aromatic nitrogens is 1. The quantitative estimate of drug-likeness (QED) is 0.187. The molecule has 252 valence electrons. The van der Waals surface area contributed by atoms with E-state index in [1.165, 1.54) is 42.6 Å². The van der Waals surface area contributed by atoms with Crippen LogP contribution in [0.25, 0.3) is 0 Å². The number of halogens is 3. The number of alkyl halides is 3. The molecule has 4 amide bonds. The van der Waals surface area contributed by atoms with E-state index in [9.17, 15) is 40.8 Å². The van der Waals surface area contributed by atoms with Gasteiger partial charge in [-0.25, -0.2) is 22.7 Å². The van der Waals surface area contributed by atoms with Crippen LogP contribution in [0.3, 0.4) is 0 Å². The summed E-state index contributed by atoms with van der Waals surface area (Å²) in [5.74, 6) is -4.43. The predicted molar refractivity (Wildman–Crippen MR) is 159 cm³/mol. The van der Waals surface area contributed by atoms with Crippen molar-refractivity contribution in [3.05, 3.63) is 89.7 Å². The Balaban J connectivity index is 0.000000984. The van der Waals surface area contributed by atoms with Crippen molar-refractivity contribution < 1.29 is 55.4 Å². The van der Waals surface area contributed by atoms with Crippen LogP contribution in [0.1, 0.15) is 40.9 Å². The number of carbonyl (C=O) groups excluding carboxylic acids is 4. The van der Waals surface area contributed by atoms with E-state index >= 15 is 0 Å². The van der Waals surface area contributed by atoms with E-state index in [1.54, 1.807) is 44.3 Å². The number of aryl methyl sites for hydroxylation is 1. The van der Waals surface area contributed by atoms with Crippen molar-refractivity contribution in [2.45, 2.75) is 37.4 Å². The number of ether oxygens (including phenoxy) is 1. The lowest BCUT2D eigenvalue weighted by Gasteiger charge is -2.18. The molecule has 1 heterocycles. The second kappa shape index (κ2) is 17.2. The lowest BCUT2D eigenvalue weighted by molar-refractivity contribution is -0.192. The van der Waals surface area contributed by atoms with Crippen LogP contribution < -0.4 is 20.7 Å². The lowest BCUT2D eigenvalue weighted by Crippen LogP contribution is -2.39. The fraction of sp³-hybridized carbons (Fsp3) is 0.241. The highest BCUT2D eigenvalue weighted by Crippen LogP contribution is 2.17. The summed E-state index contributed by atoms with van der Waals surface area (Å²) in [5, 5.41) is 14.7. The van der Waals surface area contributed by atoms with Gasteiger partial charge in [-0.05, 0) is 55.8 Å². The van der Waals surface area contributed by atoms with Crippen LogP contribution in [0.15, 0.2) is 78.0 Å². The number of urea groups is 1. The summed E-state index contributed by atoms with van der Waals surface area (Å²) in [6.45, 7) is 3.28. The predicted octanol–water partition coefficient (Wildman–Crippen LogP) is 3.07. The van der Waals surface area contributed by atoms with Crippen molar-refractivity contribution in [1.29, 1.82) is 0 Å². The Labute approximate surface area is 266 Å². The van der Waals surface area contributed by atoms with Crippen molar-refractivity contribution >= 4 is 45.5 Å². The van der Waals surface area contributed by atoms with E-state index in [2.05, 4.69) is 20.9 Å². The largest absolute Gasteiger partial charge is 0.490 e. The van der Waals surface area contributed by atoms with E-state index in [-0.39, 0.29) is 29.2 Å². The van der Waals surface area contributed by atoms with Crippen molar-refractivity contribution in [3.8, 4) is 0 Å². The van der Waals surface area contributed by atoms with Gasteiger partial charge >= 0.3 is 24.1 Å². The van der Waals surface area contributed by atoms with Crippen molar-refractivity contribution in [2.24, 2.45) is 0 Å². The van der Waals surface area contributed by atoms with Crippen LogP contribution in [-0.2, 0) is 29.1 Å². The molecule has 0 spiro atoms. The van der Waals surface area contributed by atoms with Gasteiger partial charge in [-0.3, -0.25) is 19.4 Å². The molecule has 1 unspecified atom stereocenters. The van der Waals surface area contributed by atoms with Crippen LogP contribution in [0.4, 0.5) is 23.7 Å². The Morgan fingerprint density at radius 1 is 1.00 bits per heavy atom. The number of nitrogens with zero attached hydrogens (tertiary/aromatic N) is 1. The number of carboxylic acid groups (broad SMARTS) is 1. The summed E-state index contributed by atoms with van der Waals surface area (Å²) in [6.07, 6.45) is -2.12. The Morgan fingerprint density at radius 3 is 2.23 bits per heavy atom. The zero-order valence-corrected chi connectivity index (χ0v) is 25.6. The van der Waals surface area contributed by atoms with Crippen LogP contribution in [0.2, 0.25) is 0 Å². The number of carbonyl (C=O) groups is 5. The van der Waals surface area contributed by atoms with Crippen LogP contribution >= 0.6 is 0 Å². The molecule has 5 N–H and O–H groups in total. The minimum Gasteiger partial charge on any atom is -0.475 e. The molecule has 0 bridgehead atoms. The second-order valence-corrected chi connectivity index (χ2v) is 11.0. The van der Waals surface area contributed by atoms with Crippen molar-refractivity contribution in [1.82, 2.24) is 20.3 Å². The van der Waals surface area contributed by atoms with Gasteiger partial charge in [0, 0.05) is 23.6 Å². The third-order valence-corrected chi connectivity index (χ3v) is 7.04. The Hall–Kier alpha value is -5.52. The van der Waals surface area contributed by atoms with E-state index < -0.39 is 58.6 Å². The summed E-state index contributed by atoms with van der Waals surface area (Å²) < 4.78 is 63.5. The number of carboxylic acids is 1. The molecule has 0 saturated heterocycles.